The summed E-state index contributed by atoms with van der Waals surface area (Å²) in [5.74, 6) is 0. The van der Waals surface area contributed by atoms with Crippen LogP contribution in [-0.2, 0) is 0 Å². The van der Waals surface area contributed by atoms with Crippen molar-refractivity contribution < 1.29 is 0 Å². The van der Waals surface area contributed by atoms with Gasteiger partial charge in [-0.15, -0.1) is 0 Å². The molecular weight excluding hydrogens is 456 g/mol. The zero-order chi connectivity index (χ0) is 25.3. The molecule has 0 heteroatoms. The van der Waals surface area contributed by atoms with Gasteiger partial charge in [0, 0.05) is 0 Å². The number of rotatable bonds is 4. The second-order valence-corrected chi connectivity index (χ2v) is 9.80. The third-order valence-electron chi connectivity index (χ3n) is 7.45. The normalized spacial score (nSPS) is 12.0. The van der Waals surface area contributed by atoms with Gasteiger partial charge in [-0.05, 0) is 77.5 Å². The van der Waals surface area contributed by atoms with Crippen LogP contribution in [0.3, 0.4) is 0 Å². The summed E-state index contributed by atoms with van der Waals surface area (Å²) in [6.45, 7) is 0. The highest BCUT2D eigenvalue weighted by Gasteiger charge is 2.06. The van der Waals surface area contributed by atoms with Crippen LogP contribution in [0.15, 0.2) is 133 Å². The number of hydrogen-bond acceptors (Lipinski definition) is 0. The van der Waals surface area contributed by atoms with Crippen molar-refractivity contribution in [1.29, 1.82) is 0 Å². The molecule has 38 heavy (non-hydrogen) atoms. The SMILES string of the molecule is C(=Cc1c2ccccc2cc2ccccc12)c1ccc(C=Cc2c3ccccc3cc3ccccc23)cc1. The highest BCUT2D eigenvalue weighted by atomic mass is 14.1. The van der Waals surface area contributed by atoms with Crippen molar-refractivity contribution in [2.45, 2.75) is 0 Å². The maximum atomic E-state index is 2.28. The molecule has 178 valence electrons. The minimum absolute atomic E-state index is 1.19. The molecule has 7 rings (SSSR count). The van der Waals surface area contributed by atoms with E-state index in [4.69, 9.17) is 0 Å². The molecule has 0 N–H and O–H groups in total. The Kier molecular flexibility index (Phi) is 5.57. The lowest BCUT2D eigenvalue weighted by molar-refractivity contribution is 1.63. The standard InChI is InChI=1S/C38H26/c1-5-13-33-29(9-1)25-30-10-2-6-14-34(30)37(33)23-21-27-17-19-28(20-18-27)22-24-38-35-15-7-3-11-31(35)26-32-12-4-8-16-36(32)38/h1-26H. The van der Waals surface area contributed by atoms with Gasteiger partial charge in [-0.25, -0.2) is 0 Å². The van der Waals surface area contributed by atoms with Crippen LogP contribution < -0.4 is 0 Å². The summed E-state index contributed by atoms with van der Waals surface area (Å²) in [5.41, 5.74) is 4.92. The van der Waals surface area contributed by atoms with Crippen molar-refractivity contribution in [2.24, 2.45) is 0 Å². The molecule has 0 unspecified atom stereocenters. The maximum Gasteiger partial charge on any atom is -0.00992 e. The Morgan fingerprint density at radius 3 is 0.895 bits per heavy atom. The molecular formula is C38H26. The van der Waals surface area contributed by atoms with Gasteiger partial charge in [-0.3, -0.25) is 0 Å². The largest absolute Gasteiger partial charge is 0.0616 e. The molecule has 0 fully saturated rings. The fraction of sp³-hybridized carbons (Fsp3) is 0. The molecule has 0 nitrogen and oxygen atoms in total. The average Bonchev–Trinajstić information content (AvgIpc) is 2.98. The Hall–Kier alpha value is -4.94. The Bertz CT molecular complexity index is 1750. The number of fused-ring (bicyclic) bond motifs is 4. The van der Waals surface area contributed by atoms with E-state index in [1.165, 1.54) is 65.3 Å². The molecule has 7 aromatic carbocycles. The molecule has 0 aliphatic carbocycles. The fourth-order valence-corrected chi connectivity index (χ4v) is 5.53. The molecule has 0 spiro atoms. The lowest BCUT2D eigenvalue weighted by Crippen LogP contribution is -1.84. The minimum atomic E-state index is 1.19. The third kappa shape index (κ3) is 4.07. The van der Waals surface area contributed by atoms with Crippen LogP contribution in [0.25, 0.3) is 67.4 Å². The number of benzene rings is 7. The van der Waals surface area contributed by atoms with E-state index >= 15 is 0 Å². The van der Waals surface area contributed by atoms with Crippen molar-refractivity contribution in [3.05, 3.63) is 156 Å². The maximum absolute atomic E-state index is 2.28. The first-order chi connectivity index (χ1) is 18.8. The van der Waals surface area contributed by atoms with Gasteiger partial charge >= 0.3 is 0 Å². The van der Waals surface area contributed by atoms with Crippen molar-refractivity contribution in [2.75, 3.05) is 0 Å². The molecule has 0 aliphatic heterocycles. The second kappa shape index (κ2) is 9.50. The summed E-state index contributed by atoms with van der Waals surface area (Å²) >= 11 is 0. The Labute approximate surface area is 222 Å². The van der Waals surface area contributed by atoms with Crippen LogP contribution in [0.4, 0.5) is 0 Å². The molecule has 0 amide bonds. The van der Waals surface area contributed by atoms with Gasteiger partial charge in [0.1, 0.15) is 0 Å². The summed E-state index contributed by atoms with van der Waals surface area (Å²) in [7, 11) is 0. The van der Waals surface area contributed by atoms with Gasteiger partial charge in [-0.1, -0.05) is 146 Å². The van der Waals surface area contributed by atoms with Crippen LogP contribution in [0.1, 0.15) is 22.3 Å². The summed E-state index contributed by atoms with van der Waals surface area (Å²) in [6.07, 6.45) is 8.97. The van der Waals surface area contributed by atoms with Crippen LogP contribution in [0, 0.1) is 0 Å². The highest BCUT2D eigenvalue weighted by Crippen LogP contribution is 2.31. The zero-order valence-corrected chi connectivity index (χ0v) is 21.0. The molecule has 0 saturated heterocycles. The van der Waals surface area contributed by atoms with E-state index in [9.17, 15) is 0 Å². The molecule has 0 heterocycles. The minimum Gasteiger partial charge on any atom is -0.0616 e. The Morgan fingerprint density at radius 1 is 0.289 bits per heavy atom. The second-order valence-electron chi connectivity index (χ2n) is 9.80. The van der Waals surface area contributed by atoms with Crippen molar-refractivity contribution in [3.8, 4) is 0 Å². The number of hydrogen-bond donors (Lipinski definition) is 0. The monoisotopic (exact) mass is 482 g/mol. The summed E-state index contributed by atoms with van der Waals surface area (Å²) in [5, 5.41) is 10.2. The van der Waals surface area contributed by atoms with Crippen molar-refractivity contribution in [3.63, 3.8) is 0 Å². The average molecular weight is 483 g/mol. The molecule has 0 aromatic heterocycles. The van der Waals surface area contributed by atoms with Gasteiger partial charge in [0.15, 0.2) is 0 Å². The molecule has 0 radical (unpaired) electrons. The highest BCUT2D eigenvalue weighted by molar-refractivity contribution is 6.09. The van der Waals surface area contributed by atoms with E-state index in [1.807, 2.05) is 0 Å². The smallest absolute Gasteiger partial charge is 0.00992 e. The van der Waals surface area contributed by atoms with E-state index in [-0.39, 0.29) is 0 Å². The predicted octanol–water partition coefficient (Wildman–Crippen LogP) is 10.6. The molecule has 0 saturated carbocycles. The topological polar surface area (TPSA) is 0 Å². The van der Waals surface area contributed by atoms with Gasteiger partial charge in [0.25, 0.3) is 0 Å². The van der Waals surface area contributed by atoms with Crippen molar-refractivity contribution >= 4 is 67.4 Å². The summed E-state index contributed by atoms with van der Waals surface area (Å²) < 4.78 is 0. The van der Waals surface area contributed by atoms with Crippen LogP contribution in [0.2, 0.25) is 0 Å². The van der Waals surface area contributed by atoms with Crippen LogP contribution in [0.5, 0.6) is 0 Å². The first kappa shape index (κ1) is 22.3. The van der Waals surface area contributed by atoms with E-state index in [0.717, 1.165) is 0 Å². The first-order valence-corrected chi connectivity index (χ1v) is 13.1. The summed E-state index contributed by atoms with van der Waals surface area (Å²) in [4.78, 5) is 0. The van der Waals surface area contributed by atoms with Crippen molar-refractivity contribution in [1.82, 2.24) is 0 Å². The van der Waals surface area contributed by atoms with E-state index in [2.05, 4.69) is 158 Å². The van der Waals surface area contributed by atoms with E-state index < -0.39 is 0 Å². The fourth-order valence-electron chi connectivity index (χ4n) is 5.53. The van der Waals surface area contributed by atoms with Crippen LogP contribution >= 0.6 is 0 Å². The molecule has 0 bridgehead atoms. The van der Waals surface area contributed by atoms with Gasteiger partial charge in [0.2, 0.25) is 0 Å². The third-order valence-corrected chi connectivity index (χ3v) is 7.45. The van der Waals surface area contributed by atoms with Gasteiger partial charge in [0.05, 0.1) is 0 Å². The van der Waals surface area contributed by atoms with Crippen LogP contribution in [-0.4, -0.2) is 0 Å². The van der Waals surface area contributed by atoms with Gasteiger partial charge in [-0.2, -0.15) is 0 Å². The summed E-state index contributed by atoms with van der Waals surface area (Å²) in [6, 6.07) is 47.9. The molecule has 0 aliphatic rings. The van der Waals surface area contributed by atoms with Gasteiger partial charge < -0.3 is 0 Å². The zero-order valence-electron chi connectivity index (χ0n) is 21.0. The molecule has 0 atom stereocenters. The Balaban J connectivity index is 1.23. The predicted molar refractivity (Wildman–Crippen MR) is 167 cm³/mol. The first-order valence-electron chi connectivity index (χ1n) is 13.1. The lowest BCUT2D eigenvalue weighted by Gasteiger charge is -2.09. The lowest BCUT2D eigenvalue weighted by atomic mass is 9.95. The molecule has 7 aromatic rings. The van der Waals surface area contributed by atoms with E-state index in [1.54, 1.807) is 0 Å². The Morgan fingerprint density at radius 2 is 0.579 bits per heavy atom. The quantitative estimate of drug-likeness (QED) is 0.173. The van der Waals surface area contributed by atoms with E-state index in [0.29, 0.717) is 0 Å².